The summed E-state index contributed by atoms with van der Waals surface area (Å²) in [6.07, 6.45) is 5.28. The molecule has 7 heteroatoms. The Kier molecular flexibility index (Phi) is 4.04. The van der Waals surface area contributed by atoms with Gasteiger partial charge < -0.3 is 20.2 Å². The van der Waals surface area contributed by atoms with Gasteiger partial charge in [-0.3, -0.25) is 14.4 Å². The van der Waals surface area contributed by atoms with Gasteiger partial charge in [0.2, 0.25) is 5.91 Å². The number of nitrogens with one attached hydrogen (secondary N) is 1. The summed E-state index contributed by atoms with van der Waals surface area (Å²) in [6, 6.07) is 3.68. The van der Waals surface area contributed by atoms with Crippen LogP contribution >= 0.6 is 0 Å². The Morgan fingerprint density at radius 1 is 1.21 bits per heavy atom. The second kappa shape index (κ2) is 6.29. The van der Waals surface area contributed by atoms with Gasteiger partial charge in [-0.05, 0) is 69.7 Å². The predicted octanol–water partition coefficient (Wildman–Crippen LogP) is 1.97. The highest BCUT2D eigenvalue weighted by Gasteiger charge is 2.51. The van der Waals surface area contributed by atoms with E-state index in [0.29, 0.717) is 17.2 Å². The van der Waals surface area contributed by atoms with Crippen molar-refractivity contribution in [1.29, 1.82) is 0 Å². The lowest BCUT2D eigenvalue weighted by Gasteiger charge is -2.35. The third-order valence-corrected chi connectivity index (χ3v) is 7.41. The van der Waals surface area contributed by atoms with Crippen LogP contribution in [0.1, 0.15) is 48.0 Å². The number of ketones is 1. The first-order valence-corrected chi connectivity index (χ1v) is 10.6. The predicted molar refractivity (Wildman–Crippen MR) is 108 cm³/mol. The quantitative estimate of drug-likeness (QED) is 0.739. The molecule has 0 spiro atoms. The van der Waals surface area contributed by atoms with E-state index >= 15 is 0 Å². The highest BCUT2D eigenvalue weighted by molar-refractivity contribution is 6.30. The Morgan fingerprint density at radius 3 is 2.52 bits per heavy atom. The molecule has 7 nitrogen and oxygen atoms in total. The van der Waals surface area contributed by atoms with E-state index < -0.39 is 23.6 Å². The third-order valence-electron chi connectivity index (χ3n) is 7.41. The summed E-state index contributed by atoms with van der Waals surface area (Å²) in [5, 5.41) is 13.0. The van der Waals surface area contributed by atoms with E-state index in [9.17, 15) is 19.5 Å². The maximum Gasteiger partial charge on any atom is 0.324 e. The van der Waals surface area contributed by atoms with Gasteiger partial charge >= 0.3 is 5.97 Å². The number of carboxylic acid groups (broad SMARTS) is 1. The Balaban J connectivity index is 1.53. The van der Waals surface area contributed by atoms with Crippen LogP contribution in [0.25, 0.3) is 0 Å². The molecule has 29 heavy (non-hydrogen) atoms. The van der Waals surface area contributed by atoms with Gasteiger partial charge in [0.25, 0.3) is 0 Å². The van der Waals surface area contributed by atoms with Gasteiger partial charge in [-0.2, -0.15) is 0 Å². The molecular weight excluding hydrogens is 370 g/mol. The molecule has 1 amide bonds. The zero-order valence-corrected chi connectivity index (χ0v) is 16.9. The van der Waals surface area contributed by atoms with Crippen LogP contribution in [0.2, 0.25) is 0 Å². The summed E-state index contributed by atoms with van der Waals surface area (Å²) in [7, 11) is 2.05. The van der Waals surface area contributed by atoms with Gasteiger partial charge in [0.15, 0.2) is 11.7 Å². The number of rotatable bonds is 5. The van der Waals surface area contributed by atoms with E-state index in [0.717, 1.165) is 43.6 Å². The van der Waals surface area contributed by atoms with Crippen LogP contribution in [-0.4, -0.2) is 54.5 Å². The van der Waals surface area contributed by atoms with E-state index in [1.807, 2.05) is 20.0 Å². The molecule has 3 fully saturated rings. The standard InChI is InChI=1S/C22H27N3O4/c1-12-16(24-10-7-13(11-24)22(23-2)8-9-22)6-5-15-18(12)25(14-3-4-14)20(27)17(19(15)26)21(28)29/h5-6,13-14,17,23H,3-4,7-11H2,1-2H3,(H,28,29)/t13-,17?/m1/s1. The molecule has 1 saturated heterocycles. The highest BCUT2D eigenvalue weighted by Crippen LogP contribution is 2.48. The molecule has 2 aliphatic heterocycles. The first-order valence-electron chi connectivity index (χ1n) is 10.6. The van der Waals surface area contributed by atoms with Crippen molar-refractivity contribution in [2.45, 2.75) is 50.6 Å². The average molecular weight is 397 g/mol. The minimum atomic E-state index is -1.62. The number of carboxylic acids is 1. The maximum atomic E-state index is 12.9. The molecule has 0 aromatic heterocycles. The van der Waals surface area contributed by atoms with Gasteiger partial charge in [0.1, 0.15) is 0 Å². The SMILES string of the molecule is CNC1([C@@H]2CCN(c3ccc4c(c3C)N(C3CC3)C(=O)C(C(=O)O)C4=O)C2)CC1. The Bertz CT molecular complexity index is 919. The van der Waals surface area contributed by atoms with E-state index in [-0.39, 0.29) is 11.6 Å². The summed E-state index contributed by atoms with van der Waals surface area (Å²) in [6.45, 7) is 3.88. The summed E-state index contributed by atoms with van der Waals surface area (Å²) in [4.78, 5) is 41.3. The number of Topliss-reactive ketones (excluding diaryl/α,β-unsaturated/α-hetero) is 1. The molecule has 2 saturated carbocycles. The van der Waals surface area contributed by atoms with E-state index in [2.05, 4.69) is 10.2 Å². The molecule has 2 atom stereocenters. The van der Waals surface area contributed by atoms with Crippen LogP contribution in [0.3, 0.4) is 0 Å². The van der Waals surface area contributed by atoms with Gasteiger partial charge in [-0.1, -0.05) is 0 Å². The zero-order chi connectivity index (χ0) is 20.5. The minimum absolute atomic E-state index is 0.00972. The molecule has 0 radical (unpaired) electrons. The fraction of sp³-hybridized carbons (Fsp3) is 0.591. The van der Waals surface area contributed by atoms with Crippen LogP contribution in [0.4, 0.5) is 11.4 Å². The highest BCUT2D eigenvalue weighted by atomic mass is 16.4. The van der Waals surface area contributed by atoms with E-state index in [1.165, 1.54) is 12.8 Å². The molecule has 2 N–H and O–H groups in total. The second-order valence-corrected chi connectivity index (χ2v) is 9.02. The Morgan fingerprint density at radius 2 is 1.93 bits per heavy atom. The van der Waals surface area contributed by atoms with Gasteiger partial charge in [0.05, 0.1) is 5.69 Å². The van der Waals surface area contributed by atoms with Crippen LogP contribution in [0, 0.1) is 18.8 Å². The number of anilines is 2. The van der Waals surface area contributed by atoms with Crippen molar-refractivity contribution in [2.24, 2.45) is 11.8 Å². The smallest absolute Gasteiger partial charge is 0.324 e. The monoisotopic (exact) mass is 397 g/mol. The maximum absolute atomic E-state index is 12.9. The summed E-state index contributed by atoms with van der Waals surface area (Å²) < 4.78 is 0. The molecule has 5 rings (SSSR count). The second-order valence-electron chi connectivity index (χ2n) is 9.02. The normalized spacial score (nSPS) is 27.9. The number of carbonyl (C=O) groups is 3. The molecule has 1 aromatic carbocycles. The fourth-order valence-corrected chi connectivity index (χ4v) is 5.40. The molecule has 1 aromatic rings. The first-order chi connectivity index (χ1) is 13.9. The van der Waals surface area contributed by atoms with E-state index in [1.54, 1.807) is 11.0 Å². The zero-order valence-electron chi connectivity index (χ0n) is 16.9. The Labute approximate surface area is 170 Å². The summed E-state index contributed by atoms with van der Waals surface area (Å²) >= 11 is 0. The van der Waals surface area contributed by atoms with Gasteiger partial charge in [-0.25, -0.2) is 0 Å². The van der Waals surface area contributed by atoms with Crippen LogP contribution < -0.4 is 15.1 Å². The lowest BCUT2D eigenvalue weighted by molar-refractivity contribution is -0.144. The molecular formula is C22H27N3O4. The van der Waals surface area contributed by atoms with Crippen molar-refractivity contribution >= 4 is 29.0 Å². The van der Waals surface area contributed by atoms with Crippen molar-refractivity contribution in [3.8, 4) is 0 Å². The number of aliphatic carboxylic acids is 1. The van der Waals surface area contributed by atoms with Crippen molar-refractivity contribution in [1.82, 2.24) is 5.32 Å². The summed E-state index contributed by atoms with van der Waals surface area (Å²) in [5.74, 6) is -3.54. The topological polar surface area (TPSA) is 89.9 Å². The number of hydrogen-bond donors (Lipinski definition) is 2. The largest absolute Gasteiger partial charge is 0.480 e. The molecule has 4 aliphatic rings. The molecule has 1 unspecified atom stereocenters. The number of fused-ring (bicyclic) bond motifs is 1. The van der Waals surface area contributed by atoms with Crippen molar-refractivity contribution in [3.05, 3.63) is 23.3 Å². The van der Waals surface area contributed by atoms with Gasteiger partial charge in [0, 0.05) is 35.9 Å². The van der Waals surface area contributed by atoms with Gasteiger partial charge in [-0.15, -0.1) is 0 Å². The van der Waals surface area contributed by atoms with Crippen LogP contribution in [-0.2, 0) is 9.59 Å². The summed E-state index contributed by atoms with van der Waals surface area (Å²) in [5.41, 5.74) is 3.25. The average Bonchev–Trinajstić information content (AvgIpc) is 3.61. The van der Waals surface area contributed by atoms with Crippen molar-refractivity contribution in [2.75, 3.05) is 29.9 Å². The van der Waals surface area contributed by atoms with Crippen molar-refractivity contribution in [3.63, 3.8) is 0 Å². The third kappa shape index (κ3) is 2.70. The number of nitrogens with zero attached hydrogens (tertiary/aromatic N) is 2. The van der Waals surface area contributed by atoms with Crippen LogP contribution in [0.15, 0.2) is 12.1 Å². The van der Waals surface area contributed by atoms with Crippen LogP contribution in [0.5, 0.6) is 0 Å². The molecule has 154 valence electrons. The number of amides is 1. The molecule has 2 aliphatic carbocycles. The minimum Gasteiger partial charge on any atom is -0.480 e. The number of benzene rings is 1. The molecule has 2 heterocycles. The lowest BCUT2D eigenvalue weighted by atomic mass is 9.87. The fourth-order valence-electron chi connectivity index (χ4n) is 5.40. The molecule has 0 bridgehead atoms. The lowest BCUT2D eigenvalue weighted by Crippen LogP contribution is -2.49. The number of carbonyl (C=O) groups excluding carboxylic acids is 2. The first kappa shape index (κ1) is 18.6. The Hall–Kier alpha value is -2.41. The van der Waals surface area contributed by atoms with Crippen molar-refractivity contribution < 1.29 is 19.5 Å². The van der Waals surface area contributed by atoms with E-state index in [4.69, 9.17) is 0 Å². The number of hydrogen-bond acceptors (Lipinski definition) is 5.